The fraction of sp³-hybridized carbons (Fsp3) is 0.800. The van der Waals surface area contributed by atoms with E-state index < -0.39 is 46.6 Å². The summed E-state index contributed by atoms with van der Waals surface area (Å²) in [5, 5.41) is 21.4. The number of hydrogen-bond acceptors (Lipinski definition) is 6. The molecule has 0 aromatic carbocycles. The molecule has 0 radical (unpaired) electrons. The summed E-state index contributed by atoms with van der Waals surface area (Å²) in [6, 6.07) is 0. The van der Waals surface area contributed by atoms with Gasteiger partial charge in [0.05, 0.1) is 12.7 Å². The predicted octanol–water partition coefficient (Wildman–Crippen LogP) is 1.20. The molecule has 2 bridgehead atoms. The van der Waals surface area contributed by atoms with Gasteiger partial charge in [-0.1, -0.05) is 20.4 Å². The first-order chi connectivity index (χ1) is 12.2. The highest BCUT2D eigenvalue weighted by Gasteiger charge is 2.78. The number of carbonyl (C=O) groups is 2. The van der Waals surface area contributed by atoms with Gasteiger partial charge >= 0.3 is 5.97 Å². The second-order valence-corrected chi connectivity index (χ2v) is 9.62. The zero-order valence-electron chi connectivity index (χ0n) is 15.2. The first kappa shape index (κ1) is 16.9. The number of aliphatic hydroxyl groups is 2. The molecular formula is C20H26O6. The van der Waals surface area contributed by atoms with E-state index >= 15 is 0 Å². The highest BCUT2D eigenvalue weighted by Crippen LogP contribution is 2.71. The molecule has 6 heteroatoms. The molecular weight excluding hydrogens is 336 g/mol. The predicted molar refractivity (Wildman–Crippen MR) is 89.6 cm³/mol. The van der Waals surface area contributed by atoms with Crippen molar-refractivity contribution in [3.05, 3.63) is 12.2 Å². The van der Waals surface area contributed by atoms with Gasteiger partial charge in [0.1, 0.15) is 11.5 Å². The maximum Gasteiger partial charge on any atom is 0.320 e. The Labute approximate surface area is 152 Å². The van der Waals surface area contributed by atoms with Gasteiger partial charge in [0.2, 0.25) is 0 Å². The third kappa shape index (κ3) is 1.57. The first-order valence-corrected chi connectivity index (χ1v) is 9.59. The molecule has 0 aromatic heterocycles. The molecule has 5 rings (SSSR count). The van der Waals surface area contributed by atoms with Crippen LogP contribution in [0.2, 0.25) is 0 Å². The maximum atomic E-state index is 13.2. The summed E-state index contributed by atoms with van der Waals surface area (Å²) >= 11 is 0. The molecule has 0 aromatic rings. The minimum atomic E-state index is -1.18. The van der Waals surface area contributed by atoms with Gasteiger partial charge in [0.25, 0.3) is 0 Å². The third-order valence-electron chi connectivity index (χ3n) is 8.48. The number of Topliss-reactive ketones (excluding diaryl/α,β-unsaturated/α-hetero) is 1. The topological polar surface area (TPSA) is 93.1 Å². The normalized spacial score (nSPS) is 54.4. The Bertz CT molecular complexity index is 728. The van der Waals surface area contributed by atoms with E-state index in [0.29, 0.717) is 18.4 Å². The fourth-order valence-corrected chi connectivity index (χ4v) is 7.21. The molecule has 3 saturated carbocycles. The molecule has 2 spiro atoms. The molecule has 8 atom stereocenters. The van der Waals surface area contributed by atoms with Crippen LogP contribution in [0.3, 0.4) is 0 Å². The summed E-state index contributed by atoms with van der Waals surface area (Å²) in [5.74, 6) is -1.22. The van der Waals surface area contributed by atoms with Crippen LogP contribution < -0.4 is 0 Å². The highest BCUT2D eigenvalue weighted by molar-refractivity contribution is 6.15. The van der Waals surface area contributed by atoms with Crippen LogP contribution >= 0.6 is 0 Å². The Morgan fingerprint density at radius 1 is 1.19 bits per heavy atom. The SMILES string of the molecule is C=C1C(=O)[C@]23C[C@H]1CCC2[C@@]12CO[C@@H](O)[C@@H]1C(C)(C)[C@@H](O)C[C@@H]2OC3=O. The number of rotatable bonds is 0. The lowest BCUT2D eigenvalue weighted by molar-refractivity contribution is -0.253. The number of carbonyl (C=O) groups excluding carboxylic acids is 2. The molecule has 142 valence electrons. The van der Waals surface area contributed by atoms with Crippen molar-refractivity contribution in [1.82, 2.24) is 0 Å². The molecule has 1 unspecified atom stereocenters. The number of ketones is 1. The highest BCUT2D eigenvalue weighted by atomic mass is 16.6. The van der Waals surface area contributed by atoms with Crippen molar-refractivity contribution >= 4 is 11.8 Å². The van der Waals surface area contributed by atoms with Crippen molar-refractivity contribution in [3.63, 3.8) is 0 Å². The van der Waals surface area contributed by atoms with Gasteiger partial charge in [-0.2, -0.15) is 0 Å². The minimum Gasteiger partial charge on any atom is -0.461 e. The largest absolute Gasteiger partial charge is 0.461 e. The van der Waals surface area contributed by atoms with E-state index in [1.54, 1.807) is 0 Å². The van der Waals surface area contributed by atoms with Crippen LogP contribution in [0.15, 0.2) is 12.2 Å². The standard InChI is InChI=1S/C20H26O6/c1-9-10-4-5-11-19(7-10,15(9)22)17(24)26-13-6-12(21)18(2,3)14-16(23)25-8-20(11,13)14/h10-14,16,21,23H,1,4-8H2,2-3H3/t10-,11?,12+,13+,14-,16-,19+,20-/m1/s1. The summed E-state index contributed by atoms with van der Waals surface area (Å²) in [6.45, 7) is 8.08. The molecule has 2 heterocycles. The van der Waals surface area contributed by atoms with E-state index in [9.17, 15) is 19.8 Å². The van der Waals surface area contributed by atoms with E-state index in [1.807, 2.05) is 13.8 Å². The molecule has 6 nitrogen and oxygen atoms in total. The first-order valence-electron chi connectivity index (χ1n) is 9.59. The van der Waals surface area contributed by atoms with E-state index in [2.05, 4.69) is 6.58 Å². The molecule has 3 aliphatic carbocycles. The Balaban J connectivity index is 1.72. The lowest BCUT2D eigenvalue weighted by Gasteiger charge is -2.62. The van der Waals surface area contributed by atoms with E-state index in [1.165, 1.54) is 0 Å². The van der Waals surface area contributed by atoms with Gasteiger partial charge in [-0.25, -0.2) is 0 Å². The van der Waals surface area contributed by atoms with E-state index in [4.69, 9.17) is 9.47 Å². The van der Waals surface area contributed by atoms with Crippen molar-refractivity contribution in [2.75, 3.05) is 6.61 Å². The number of ether oxygens (including phenoxy) is 2. The summed E-state index contributed by atoms with van der Waals surface area (Å²) in [7, 11) is 0. The summed E-state index contributed by atoms with van der Waals surface area (Å²) in [4.78, 5) is 26.3. The van der Waals surface area contributed by atoms with Gasteiger partial charge < -0.3 is 19.7 Å². The van der Waals surface area contributed by atoms with Gasteiger partial charge in [-0.05, 0) is 42.1 Å². The van der Waals surface area contributed by atoms with Gasteiger partial charge in [-0.15, -0.1) is 0 Å². The molecule has 2 N–H and O–H groups in total. The fourth-order valence-electron chi connectivity index (χ4n) is 7.21. The summed E-state index contributed by atoms with van der Waals surface area (Å²) in [6.07, 6.45) is 0.0482. The molecule has 26 heavy (non-hydrogen) atoms. The Hall–Kier alpha value is -1.24. The zero-order valence-corrected chi connectivity index (χ0v) is 15.2. The molecule has 5 fully saturated rings. The minimum absolute atomic E-state index is 0.0483. The van der Waals surface area contributed by atoms with Crippen LogP contribution in [-0.4, -0.2) is 47.1 Å². The van der Waals surface area contributed by atoms with E-state index in [0.717, 1.165) is 12.8 Å². The smallest absolute Gasteiger partial charge is 0.320 e. The monoisotopic (exact) mass is 362 g/mol. The van der Waals surface area contributed by atoms with Gasteiger partial charge in [-0.3, -0.25) is 9.59 Å². The average molecular weight is 362 g/mol. The van der Waals surface area contributed by atoms with Crippen molar-refractivity contribution in [2.24, 2.45) is 34.0 Å². The Morgan fingerprint density at radius 3 is 2.65 bits per heavy atom. The van der Waals surface area contributed by atoms with Crippen LogP contribution in [0.4, 0.5) is 0 Å². The number of fused-ring (bicyclic) bond motifs is 1. The van der Waals surface area contributed by atoms with Crippen LogP contribution in [0, 0.1) is 34.0 Å². The summed E-state index contributed by atoms with van der Waals surface area (Å²) < 4.78 is 11.6. The molecule has 5 aliphatic rings. The van der Waals surface area contributed by atoms with E-state index in [-0.39, 0.29) is 24.2 Å². The van der Waals surface area contributed by atoms with Gasteiger partial charge in [0.15, 0.2) is 12.1 Å². The Morgan fingerprint density at radius 2 is 1.92 bits per heavy atom. The zero-order chi connectivity index (χ0) is 18.6. The van der Waals surface area contributed by atoms with Crippen LogP contribution in [-0.2, 0) is 19.1 Å². The second-order valence-electron chi connectivity index (χ2n) is 9.62. The number of allylic oxidation sites excluding steroid dienone is 1. The summed E-state index contributed by atoms with van der Waals surface area (Å²) in [5.41, 5.74) is -1.88. The van der Waals surface area contributed by atoms with Gasteiger partial charge in [0, 0.05) is 17.8 Å². The molecule has 0 amide bonds. The number of esters is 1. The Kier molecular flexibility index (Phi) is 3.10. The van der Waals surface area contributed by atoms with Crippen molar-refractivity contribution in [2.45, 2.75) is 58.0 Å². The lowest BCUT2D eigenvalue weighted by Crippen LogP contribution is -2.70. The van der Waals surface area contributed by atoms with Crippen molar-refractivity contribution < 1.29 is 29.3 Å². The van der Waals surface area contributed by atoms with Crippen molar-refractivity contribution in [3.8, 4) is 0 Å². The second kappa shape index (κ2) is 4.78. The average Bonchev–Trinajstić information content (AvgIpc) is 3.03. The van der Waals surface area contributed by atoms with Crippen LogP contribution in [0.5, 0.6) is 0 Å². The molecule has 2 saturated heterocycles. The molecule has 2 aliphatic heterocycles. The van der Waals surface area contributed by atoms with Crippen molar-refractivity contribution in [1.29, 1.82) is 0 Å². The third-order valence-corrected chi connectivity index (χ3v) is 8.48. The maximum absolute atomic E-state index is 13.2. The van der Waals surface area contributed by atoms with Crippen LogP contribution in [0.1, 0.15) is 39.5 Å². The lowest BCUT2D eigenvalue weighted by atomic mass is 9.43. The van der Waals surface area contributed by atoms with Crippen LogP contribution in [0.25, 0.3) is 0 Å². The quantitative estimate of drug-likeness (QED) is 0.382. The number of aliphatic hydroxyl groups excluding tert-OH is 2. The number of hydrogen-bond donors (Lipinski definition) is 2.